The smallest absolute Gasteiger partial charge is 0.252 e. The van der Waals surface area contributed by atoms with Gasteiger partial charge in [0.25, 0.3) is 5.91 Å². The lowest BCUT2D eigenvalue weighted by atomic mass is 10.1. The maximum atomic E-state index is 12.0. The molecule has 0 atom stereocenters. The molecule has 1 heterocycles. The van der Waals surface area contributed by atoms with Gasteiger partial charge in [0, 0.05) is 18.5 Å². The molecule has 22 heavy (non-hydrogen) atoms. The monoisotopic (exact) mass is 380 g/mol. The Morgan fingerprint density at radius 3 is 2.36 bits per heavy atom. The van der Waals surface area contributed by atoms with Crippen molar-refractivity contribution in [3.63, 3.8) is 0 Å². The topological polar surface area (TPSA) is 32.3 Å². The van der Waals surface area contributed by atoms with Crippen molar-refractivity contribution in [3.8, 4) is 0 Å². The van der Waals surface area contributed by atoms with Crippen LogP contribution in [0.5, 0.6) is 0 Å². The number of nitrogens with one attached hydrogen (secondary N) is 1. The zero-order valence-corrected chi connectivity index (χ0v) is 15.3. The van der Waals surface area contributed by atoms with Gasteiger partial charge >= 0.3 is 0 Å². The third kappa shape index (κ3) is 4.93. The summed E-state index contributed by atoms with van der Waals surface area (Å²) in [5.41, 5.74) is 3.13. The van der Waals surface area contributed by atoms with Crippen LogP contribution in [-0.4, -0.2) is 23.9 Å². The Hall–Kier alpha value is -1.17. The number of halogens is 1. The molecule has 0 saturated heterocycles. The van der Waals surface area contributed by atoms with E-state index in [1.807, 2.05) is 11.4 Å². The first-order valence-corrected chi connectivity index (χ1v) is 9.12. The van der Waals surface area contributed by atoms with E-state index in [1.165, 1.54) is 16.9 Å². The molecule has 0 aliphatic heterocycles. The minimum Gasteiger partial charge on any atom is -0.348 e. The summed E-state index contributed by atoms with van der Waals surface area (Å²) < 4.78 is 0.971. The van der Waals surface area contributed by atoms with Crippen LogP contribution in [0.15, 0.2) is 39.5 Å². The Balaban J connectivity index is 1.87. The first-order chi connectivity index (χ1) is 10.6. The Bertz CT molecular complexity index is 605. The molecular weight excluding hydrogens is 360 g/mol. The molecule has 0 spiro atoms. The van der Waals surface area contributed by atoms with E-state index in [0.29, 0.717) is 12.1 Å². The molecule has 0 aliphatic rings. The predicted octanol–water partition coefficient (Wildman–Crippen LogP) is 4.28. The highest BCUT2D eigenvalue weighted by Crippen LogP contribution is 2.20. The van der Waals surface area contributed by atoms with E-state index >= 15 is 0 Å². The molecule has 0 radical (unpaired) electrons. The molecular formula is C17H21BrN2OS. The number of hydrogen-bond acceptors (Lipinski definition) is 3. The maximum absolute atomic E-state index is 12.0. The predicted molar refractivity (Wildman–Crippen MR) is 96.3 cm³/mol. The molecule has 0 bridgehead atoms. The van der Waals surface area contributed by atoms with Crippen molar-refractivity contribution < 1.29 is 4.79 Å². The molecule has 1 N–H and O–H groups in total. The number of carbonyl (C=O) groups excluding carboxylic acids is 1. The van der Waals surface area contributed by atoms with Gasteiger partial charge in [0.2, 0.25) is 0 Å². The Morgan fingerprint density at radius 1 is 1.18 bits per heavy atom. The maximum Gasteiger partial charge on any atom is 0.252 e. The normalized spacial score (nSPS) is 10.9. The summed E-state index contributed by atoms with van der Waals surface area (Å²) in [6, 6.07) is 10.3. The van der Waals surface area contributed by atoms with Gasteiger partial charge in [0.05, 0.1) is 9.35 Å². The van der Waals surface area contributed by atoms with E-state index in [0.717, 1.165) is 29.0 Å². The van der Waals surface area contributed by atoms with Crippen LogP contribution in [0.4, 0.5) is 0 Å². The van der Waals surface area contributed by atoms with Gasteiger partial charge in [-0.05, 0) is 46.2 Å². The standard InChI is InChI=1S/C17H21BrN2OS/c1-3-20(4-2)11-14-7-5-13(6-8-14)10-19-17(21)15-9-16(18)22-12-15/h5-9,12H,3-4,10-11H2,1-2H3,(H,19,21). The summed E-state index contributed by atoms with van der Waals surface area (Å²) in [5, 5.41) is 4.80. The second kappa shape index (κ2) is 8.46. The minimum absolute atomic E-state index is 0.0332. The van der Waals surface area contributed by atoms with E-state index in [2.05, 4.69) is 64.3 Å². The zero-order valence-electron chi connectivity index (χ0n) is 12.9. The van der Waals surface area contributed by atoms with E-state index in [-0.39, 0.29) is 5.91 Å². The lowest BCUT2D eigenvalue weighted by Crippen LogP contribution is -2.23. The van der Waals surface area contributed by atoms with Crippen LogP contribution in [0.1, 0.15) is 35.3 Å². The summed E-state index contributed by atoms with van der Waals surface area (Å²) >= 11 is 4.89. The summed E-state index contributed by atoms with van der Waals surface area (Å²) in [4.78, 5) is 14.4. The van der Waals surface area contributed by atoms with Gasteiger partial charge in [-0.2, -0.15) is 0 Å². The molecule has 0 saturated carbocycles. The molecule has 118 valence electrons. The van der Waals surface area contributed by atoms with Gasteiger partial charge in [0.15, 0.2) is 0 Å². The van der Waals surface area contributed by atoms with Gasteiger partial charge in [-0.15, -0.1) is 11.3 Å². The minimum atomic E-state index is -0.0332. The SMILES string of the molecule is CCN(CC)Cc1ccc(CNC(=O)c2csc(Br)c2)cc1. The molecule has 5 heteroatoms. The quantitative estimate of drug-likeness (QED) is 0.776. The lowest BCUT2D eigenvalue weighted by molar-refractivity contribution is 0.0951. The van der Waals surface area contributed by atoms with Crippen molar-refractivity contribution in [1.29, 1.82) is 0 Å². The van der Waals surface area contributed by atoms with E-state index in [1.54, 1.807) is 0 Å². The molecule has 0 fully saturated rings. The summed E-state index contributed by atoms with van der Waals surface area (Å²) in [5.74, 6) is -0.0332. The fourth-order valence-corrected chi connectivity index (χ4v) is 3.32. The first-order valence-electron chi connectivity index (χ1n) is 7.44. The van der Waals surface area contributed by atoms with Gasteiger partial charge in [0.1, 0.15) is 0 Å². The van der Waals surface area contributed by atoms with Gasteiger partial charge in [-0.1, -0.05) is 38.1 Å². The van der Waals surface area contributed by atoms with Crippen LogP contribution in [-0.2, 0) is 13.1 Å². The third-order valence-electron chi connectivity index (χ3n) is 3.61. The second-order valence-electron chi connectivity index (χ2n) is 5.10. The Labute approximate surface area is 144 Å². The first kappa shape index (κ1) is 17.2. The number of nitrogens with zero attached hydrogens (tertiary/aromatic N) is 1. The average molecular weight is 381 g/mol. The molecule has 1 aromatic carbocycles. The van der Waals surface area contributed by atoms with Crippen LogP contribution in [0.2, 0.25) is 0 Å². The van der Waals surface area contributed by atoms with Crippen LogP contribution in [0.3, 0.4) is 0 Å². The Kier molecular flexibility index (Phi) is 6.61. The Morgan fingerprint density at radius 2 is 1.82 bits per heavy atom. The molecule has 1 aromatic heterocycles. The number of carbonyl (C=O) groups is 1. The fraction of sp³-hybridized carbons (Fsp3) is 0.353. The average Bonchev–Trinajstić information content (AvgIpc) is 2.98. The van der Waals surface area contributed by atoms with Crippen LogP contribution in [0.25, 0.3) is 0 Å². The van der Waals surface area contributed by atoms with E-state index < -0.39 is 0 Å². The van der Waals surface area contributed by atoms with Crippen molar-refractivity contribution >= 4 is 33.2 Å². The largest absolute Gasteiger partial charge is 0.348 e. The third-order valence-corrected chi connectivity index (χ3v) is 5.11. The van der Waals surface area contributed by atoms with E-state index in [4.69, 9.17) is 0 Å². The highest BCUT2D eigenvalue weighted by Gasteiger charge is 2.07. The van der Waals surface area contributed by atoms with E-state index in [9.17, 15) is 4.79 Å². The number of hydrogen-bond donors (Lipinski definition) is 1. The van der Waals surface area contributed by atoms with Crippen molar-refractivity contribution in [2.75, 3.05) is 13.1 Å². The highest BCUT2D eigenvalue weighted by molar-refractivity contribution is 9.11. The lowest BCUT2D eigenvalue weighted by Gasteiger charge is -2.18. The highest BCUT2D eigenvalue weighted by atomic mass is 79.9. The second-order valence-corrected chi connectivity index (χ2v) is 7.39. The van der Waals surface area contributed by atoms with Gasteiger partial charge < -0.3 is 5.32 Å². The van der Waals surface area contributed by atoms with Crippen LogP contribution < -0.4 is 5.32 Å². The van der Waals surface area contributed by atoms with Crippen molar-refractivity contribution in [2.45, 2.75) is 26.9 Å². The number of benzene rings is 1. The summed E-state index contributed by atoms with van der Waals surface area (Å²) in [6.45, 7) is 8.00. The van der Waals surface area contributed by atoms with Crippen LogP contribution in [0, 0.1) is 0 Å². The molecule has 2 aromatic rings. The van der Waals surface area contributed by atoms with Crippen molar-refractivity contribution in [2.24, 2.45) is 0 Å². The fourth-order valence-electron chi connectivity index (χ4n) is 2.18. The van der Waals surface area contributed by atoms with Crippen molar-refractivity contribution in [3.05, 3.63) is 56.2 Å². The molecule has 1 amide bonds. The number of thiophene rings is 1. The molecule has 2 rings (SSSR count). The van der Waals surface area contributed by atoms with Crippen molar-refractivity contribution in [1.82, 2.24) is 10.2 Å². The van der Waals surface area contributed by atoms with Gasteiger partial charge in [-0.3, -0.25) is 9.69 Å². The number of rotatable bonds is 7. The summed E-state index contributed by atoms with van der Waals surface area (Å²) in [7, 11) is 0. The zero-order chi connectivity index (χ0) is 15.9. The molecule has 0 unspecified atom stereocenters. The number of amides is 1. The summed E-state index contributed by atoms with van der Waals surface area (Å²) in [6.07, 6.45) is 0. The molecule has 0 aliphatic carbocycles. The van der Waals surface area contributed by atoms with Crippen LogP contribution >= 0.6 is 27.3 Å². The molecule has 3 nitrogen and oxygen atoms in total. The van der Waals surface area contributed by atoms with Gasteiger partial charge in [-0.25, -0.2) is 0 Å².